The van der Waals surface area contributed by atoms with Gasteiger partial charge in [0.25, 0.3) is 5.91 Å². The van der Waals surface area contributed by atoms with Crippen LogP contribution in [0.3, 0.4) is 0 Å². The molecule has 8 heteroatoms. The summed E-state index contributed by atoms with van der Waals surface area (Å²) in [6.07, 6.45) is 2.24. The molecule has 1 fully saturated rings. The SMILES string of the molecule is COCCOc1ccccc1C(=O)NC(=S)Nc1cccc(OCC2CCCO2)c1. The van der Waals surface area contributed by atoms with E-state index in [-0.39, 0.29) is 17.1 Å². The molecule has 1 aliphatic heterocycles. The van der Waals surface area contributed by atoms with Crippen molar-refractivity contribution in [3.63, 3.8) is 0 Å². The summed E-state index contributed by atoms with van der Waals surface area (Å²) >= 11 is 5.29. The summed E-state index contributed by atoms with van der Waals surface area (Å²) in [5, 5.41) is 5.87. The Balaban J connectivity index is 1.54. The lowest BCUT2D eigenvalue weighted by Gasteiger charge is -2.14. The van der Waals surface area contributed by atoms with Crippen LogP contribution in [0, 0.1) is 0 Å². The lowest BCUT2D eigenvalue weighted by molar-refractivity contribution is 0.0680. The molecule has 1 heterocycles. The van der Waals surface area contributed by atoms with Crippen LogP contribution in [0.25, 0.3) is 0 Å². The number of para-hydroxylation sites is 1. The van der Waals surface area contributed by atoms with Gasteiger partial charge in [-0.1, -0.05) is 18.2 Å². The third-order valence-corrected chi connectivity index (χ3v) is 4.66. The van der Waals surface area contributed by atoms with E-state index in [0.29, 0.717) is 36.9 Å². The van der Waals surface area contributed by atoms with Gasteiger partial charge < -0.3 is 24.3 Å². The van der Waals surface area contributed by atoms with Gasteiger partial charge >= 0.3 is 0 Å². The fourth-order valence-corrected chi connectivity index (χ4v) is 3.19. The van der Waals surface area contributed by atoms with Crippen LogP contribution in [0.15, 0.2) is 48.5 Å². The van der Waals surface area contributed by atoms with Crippen LogP contribution in [-0.2, 0) is 9.47 Å². The number of carbonyl (C=O) groups excluding carboxylic acids is 1. The molecule has 1 unspecified atom stereocenters. The Morgan fingerprint density at radius 1 is 1.17 bits per heavy atom. The van der Waals surface area contributed by atoms with Gasteiger partial charge in [-0.3, -0.25) is 10.1 Å². The number of nitrogens with one attached hydrogen (secondary N) is 2. The average molecular weight is 431 g/mol. The molecule has 0 aliphatic carbocycles. The molecule has 0 spiro atoms. The molecule has 0 radical (unpaired) electrons. The molecule has 1 saturated heterocycles. The number of rotatable bonds is 9. The number of anilines is 1. The predicted molar refractivity (Wildman–Crippen MR) is 118 cm³/mol. The van der Waals surface area contributed by atoms with E-state index in [1.807, 2.05) is 24.3 Å². The molecule has 2 N–H and O–H groups in total. The maximum Gasteiger partial charge on any atom is 0.261 e. The predicted octanol–water partition coefficient (Wildman–Crippen LogP) is 3.40. The summed E-state index contributed by atoms with van der Waals surface area (Å²) in [6.45, 7) is 2.10. The van der Waals surface area contributed by atoms with Gasteiger partial charge in [-0.2, -0.15) is 0 Å². The van der Waals surface area contributed by atoms with Crippen molar-refractivity contribution in [1.29, 1.82) is 0 Å². The lowest BCUT2D eigenvalue weighted by atomic mass is 10.2. The van der Waals surface area contributed by atoms with Gasteiger partial charge in [0, 0.05) is 25.5 Å². The summed E-state index contributed by atoms with van der Waals surface area (Å²) in [6, 6.07) is 14.4. The molecule has 0 saturated carbocycles. The van der Waals surface area contributed by atoms with Gasteiger partial charge in [-0.15, -0.1) is 0 Å². The number of thiocarbonyl (C=S) groups is 1. The third-order valence-electron chi connectivity index (χ3n) is 4.46. The zero-order chi connectivity index (χ0) is 21.2. The Kier molecular flexibility index (Phi) is 8.43. The van der Waals surface area contributed by atoms with Gasteiger partial charge in [-0.25, -0.2) is 0 Å². The van der Waals surface area contributed by atoms with Crippen molar-refractivity contribution >= 4 is 28.9 Å². The Hall–Kier alpha value is -2.68. The third kappa shape index (κ3) is 6.69. The zero-order valence-electron chi connectivity index (χ0n) is 16.9. The summed E-state index contributed by atoms with van der Waals surface area (Å²) < 4.78 is 22.0. The maximum atomic E-state index is 12.6. The minimum atomic E-state index is -0.355. The largest absolute Gasteiger partial charge is 0.491 e. The maximum absolute atomic E-state index is 12.6. The van der Waals surface area contributed by atoms with E-state index >= 15 is 0 Å². The highest BCUT2D eigenvalue weighted by Crippen LogP contribution is 2.20. The first-order valence-electron chi connectivity index (χ1n) is 9.83. The van der Waals surface area contributed by atoms with Crippen molar-refractivity contribution in [1.82, 2.24) is 5.32 Å². The van der Waals surface area contributed by atoms with E-state index in [1.165, 1.54) is 0 Å². The molecule has 0 bridgehead atoms. The number of carbonyl (C=O) groups is 1. The summed E-state index contributed by atoms with van der Waals surface area (Å²) in [5.41, 5.74) is 1.11. The Labute approximate surface area is 181 Å². The molecule has 1 amide bonds. The quantitative estimate of drug-likeness (QED) is 0.466. The summed E-state index contributed by atoms with van der Waals surface area (Å²) in [4.78, 5) is 12.6. The van der Waals surface area contributed by atoms with Gasteiger partial charge in [0.15, 0.2) is 5.11 Å². The van der Waals surface area contributed by atoms with Gasteiger partial charge in [-0.05, 0) is 49.3 Å². The normalized spacial score (nSPS) is 15.4. The molecule has 160 valence electrons. The number of amides is 1. The van der Waals surface area contributed by atoms with Crippen molar-refractivity contribution < 1.29 is 23.7 Å². The second-order valence-electron chi connectivity index (χ2n) is 6.72. The molecule has 3 rings (SSSR count). The Morgan fingerprint density at radius 3 is 2.83 bits per heavy atom. The number of hydrogen-bond acceptors (Lipinski definition) is 6. The highest BCUT2D eigenvalue weighted by atomic mass is 32.1. The molecule has 1 atom stereocenters. The van der Waals surface area contributed by atoms with Gasteiger partial charge in [0.2, 0.25) is 0 Å². The van der Waals surface area contributed by atoms with E-state index in [2.05, 4.69) is 10.6 Å². The van der Waals surface area contributed by atoms with Gasteiger partial charge in [0.1, 0.15) is 24.7 Å². The molecular formula is C22H26N2O5S. The van der Waals surface area contributed by atoms with E-state index in [9.17, 15) is 4.79 Å². The number of benzene rings is 2. The monoisotopic (exact) mass is 430 g/mol. The second kappa shape index (κ2) is 11.5. The Bertz CT molecular complexity index is 855. The van der Waals surface area contributed by atoms with Crippen LogP contribution >= 0.6 is 12.2 Å². The average Bonchev–Trinajstić information content (AvgIpc) is 3.27. The first kappa shape index (κ1) is 22.0. The smallest absolute Gasteiger partial charge is 0.261 e. The number of ether oxygens (including phenoxy) is 4. The molecule has 7 nitrogen and oxygen atoms in total. The highest BCUT2D eigenvalue weighted by molar-refractivity contribution is 7.80. The van der Waals surface area contributed by atoms with Crippen molar-refractivity contribution in [3.05, 3.63) is 54.1 Å². The zero-order valence-corrected chi connectivity index (χ0v) is 17.7. The number of hydrogen-bond donors (Lipinski definition) is 2. The lowest BCUT2D eigenvalue weighted by Crippen LogP contribution is -2.34. The molecule has 1 aliphatic rings. The Morgan fingerprint density at radius 2 is 2.03 bits per heavy atom. The van der Waals surface area contributed by atoms with Crippen LogP contribution < -0.4 is 20.1 Å². The van der Waals surface area contributed by atoms with Gasteiger partial charge in [0.05, 0.1) is 18.3 Å². The topological polar surface area (TPSA) is 78.1 Å². The minimum absolute atomic E-state index is 0.146. The number of methoxy groups -OCH3 is 1. The van der Waals surface area contributed by atoms with E-state index in [4.69, 9.17) is 31.2 Å². The highest BCUT2D eigenvalue weighted by Gasteiger charge is 2.16. The van der Waals surface area contributed by atoms with E-state index in [0.717, 1.165) is 25.1 Å². The first-order valence-corrected chi connectivity index (χ1v) is 10.2. The van der Waals surface area contributed by atoms with Crippen LogP contribution in [0.2, 0.25) is 0 Å². The molecular weight excluding hydrogens is 404 g/mol. The van der Waals surface area contributed by atoms with E-state index < -0.39 is 0 Å². The van der Waals surface area contributed by atoms with Crippen LogP contribution in [-0.4, -0.2) is 50.7 Å². The van der Waals surface area contributed by atoms with Crippen molar-refractivity contribution in [2.24, 2.45) is 0 Å². The first-order chi connectivity index (χ1) is 14.7. The standard InChI is InChI=1S/C22H26N2O5S/c1-26-12-13-28-20-10-3-2-9-19(20)21(25)24-22(30)23-16-6-4-7-17(14-16)29-15-18-8-5-11-27-18/h2-4,6-7,9-10,14,18H,5,8,11-13,15H2,1H3,(H2,23,24,25,30). The van der Waals surface area contributed by atoms with E-state index in [1.54, 1.807) is 31.4 Å². The van der Waals surface area contributed by atoms with Crippen molar-refractivity contribution in [2.45, 2.75) is 18.9 Å². The van der Waals surface area contributed by atoms with Crippen molar-refractivity contribution in [2.75, 3.05) is 38.9 Å². The van der Waals surface area contributed by atoms with Crippen LogP contribution in [0.4, 0.5) is 5.69 Å². The van der Waals surface area contributed by atoms with Crippen LogP contribution in [0.5, 0.6) is 11.5 Å². The molecule has 0 aromatic heterocycles. The summed E-state index contributed by atoms with van der Waals surface area (Å²) in [7, 11) is 1.59. The molecule has 30 heavy (non-hydrogen) atoms. The van der Waals surface area contributed by atoms with Crippen LogP contribution in [0.1, 0.15) is 23.2 Å². The fourth-order valence-electron chi connectivity index (χ4n) is 2.98. The molecule has 2 aromatic carbocycles. The second-order valence-corrected chi connectivity index (χ2v) is 7.13. The molecule has 2 aromatic rings. The summed E-state index contributed by atoms with van der Waals surface area (Å²) in [5.74, 6) is 0.826. The van der Waals surface area contributed by atoms with Crippen molar-refractivity contribution in [3.8, 4) is 11.5 Å². The minimum Gasteiger partial charge on any atom is -0.491 e. The fraction of sp³-hybridized carbons (Fsp3) is 0.364.